The highest BCUT2D eigenvalue weighted by Gasteiger charge is 2.27. The molecule has 0 aliphatic carbocycles. The number of pyridine rings is 1. The van der Waals surface area contributed by atoms with Crippen LogP contribution in [0.4, 0.5) is 0 Å². The molecule has 1 fully saturated rings. The first-order valence-electron chi connectivity index (χ1n) is 9.01. The Morgan fingerprint density at radius 2 is 2.00 bits per heavy atom. The van der Waals surface area contributed by atoms with Crippen molar-refractivity contribution >= 4 is 17.0 Å². The Kier molecular flexibility index (Phi) is 4.19. The molecule has 7 nitrogen and oxygen atoms in total. The molecule has 0 N–H and O–H groups in total. The number of piperidine rings is 1. The Morgan fingerprint density at radius 1 is 1.26 bits per heavy atom. The molecular weight excluding hydrogens is 344 g/mol. The lowest BCUT2D eigenvalue weighted by Crippen LogP contribution is -2.38. The number of amides is 1. The van der Waals surface area contributed by atoms with E-state index in [1.165, 1.54) is 0 Å². The lowest BCUT2D eigenvalue weighted by Gasteiger charge is -2.29. The quantitative estimate of drug-likeness (QED) is 0.686. The highest BCUT2D eigenvalue weighted by Crippen LogP contribution is 2.31. The molecule has 138 valence electrons. The number of nitrogens with zero attached hydrogens (tertiary/aromatic N) is 4. The zero-order valence-electron chi connectivity index (χ0n) is 15.6. The van der Waals surface area contributed by atoms with Gasteiger partial charge in [0, 0.05) is 24.6 Å². The fourth-order valence-electron chi connectivity index (χ4n) is 3.67. The third-order valence-corrected chi connectivity index (χ3v) is 5.13. The van der Waals surface area contributed by atoms with Crippen LogP contribution in [-0.4, -0.2) is 34.0 Å². The Hall–Kier alpha value is -3.14. The molecule has 0 aromatic carbocycles. The monoisotopic (exact) mass is 364 g/mol. The summed E-state index contributed by atoms with van der Waals surface area (Å²) in [5.41, 5.74) is 2.98. The third-order valence-electron chi connectivity index (χ3n) is 5.13. The van der Waals surface area contributed by atoms with Crippen molar-refractivity contribution < 1.29 is 13.7 Å². The summed E-state index contributed by atoms with van der Waals surface area (Å²) in [5, 5.41) is 13.7. The number of carbonyl (C=O) groups is 1. The molecule has 1 aliphatic rings. The average molecular weight is 364 g/mol. The van der Waals surface area contributed by atoms with Gasteiger partial charge >= 0.3 is 0 Å². The van der Waals surface area contributed by atoms with Gasteiger partial charge in [-0.2, -0.15) is 5.26 Å². The van der Waals surface area contributed by atoms with Crippen molar-refractivity contribution in [1.82, 2.24) is 15.0 Å². The third kappa shape index (κ3) is 2.97. The van der Waals surface area contributed by atoms with E-state index in [1.807, 2.05) is 19.9 Å². The number of hydrogen-bond donors (Lipinski definition) is 0. The van der Waals surface area contributed by atoms with E-state index in [2.05, 4.69) is 16.2 Å². The predicted octanol–water partition coefficient (Wildman–Crippen LogP) is 3.78. The van der Waals surface area contributed by atoms with Crippen molar-refractivity contribution in [3.8, 4) is 17.3 Å². The maximum atomic E-state index is 13.3. The molecule has 0 saturated carbocycles. The molecule has 4 heterocycles. The second-order valence-corrected chi connectivity index (χ2v) is 7.03. The summed E-state index contributed by atoms with van der Waals surface area (Å²) >= 11 is 0. The molecule has 4 rings (SSSR count). The van der Waals surface area contributed by atoms with E-state index in [9.17, 15) is 4.79 Å². The van der Waals surface area contributed by atoms with Crippen LogP contribution in [0.25, 0.3) is 22.4 Å². The van der Waals surface area contributed by atoms with Crippen molar-refractivity contribution in [3.05, 3.63) is 34.9 Å². The normalized spacial score (nSPS) is 15.3. The maximum absolute atomic E-state index is 13.3. The minimum absolute atomic E-state index is 0.0240. The topological polar surface area (TPSA) is 96.2 Å². The average Bonchev–Trinajstić information content (AvgIpc) is 3.22. The van der Waals surface area contributed by atoms with Gasteiger partial charge in [-0.1, -0.05) is 5.16 Å². The first kappa shape index (κ1) is 17.3. The molecule has 0 radical (unpaired) electrons. The first-order chi connectivity index (χ1) is 13.0. The number of rotatable bonds is 2. The van der Waals surface area contributed by atoms with E-state index in [-0.39, 0.29) is 11.8 Å². The van der Waals surface area contributed by atoms with Crippen LogP contribution in [0.15, 0.2) is 21.1 Å². The van der Waals surface area contributed by atoms with Gasteiger partial charge in [0.1, 0.15) is 11.5 Å². The molecule has 27 heavy (non-hydrogen) atoms. The highest BCUT2D eigenvalue weighted by atomic mass is 16.5. The number of likely N-dealkylation sites (tertiary alicyclic amines) is 1. The molecule has 0 unspecified atom stereocenters. The molecule has 7 heteroatoms. The van der Waals surface area contributed by atoms with Crippen LogP contribution in [0.1, 0.15) is 40.4 Å². The number of aryl methyl sites for hydroxylation is 3. The molecule has 0 spiro atoms. The highest BCUT2D eigenvalue weighted by molar-refractivity contribution is 6.07. The van der Waals surface area contributed by atoms with Gasteiger partial charge in [0.05, 0.1) is 28.4 Å². The van der Waals surface area contributed by atoms with Gasteiger partial charge < -0.3 is 13.8 Å². The smallest absolute Gasteiger partial charge is 0.259 e. The van der Waals surface area contributed by atoms with Crippen LogP contribution in [0, 0.1) is 38.0 Å². The molecule has 1 saturated heterocycles. The zero-order valence-corrected chi connectivity index (χ0v) is 15.6. The van der Waals surface area contributed by atoms with Crippen molar-refractivity contribution in [3.63, 3.8) is 0 Å². The van der Waals surface area contributed by atoms with E-state index in [1.54, 1.807) is 17.9 Å². The maximum Gasteiger partial charge on any atom is 0.259 e. The number of nitriles is 1. The van der Waals surface area contributed by atoms with E-state index < -0.39 is 0 Å². The van der Waals surface area contributed by atoms with Gasteiger partial charge in [-0.3, -0.25) is 4.79 Å². The van der Waals surface area contributed by atoms with Gasteiger partial charge in [0.25, 0.3) is 11.6 Å². The molecule has 0 atom stereocenters. The van der Waals surface area contributed by atoms with Crippen LogP contribution in [0.5, 0.6) is 0 Å². The molecule has 3 aromatic rings. The van der Waals surface area contributed by atoms with Gasteiger partial charge in [-0.15, -0.1) is 0 Å². The summed E-state index contributed by atoms with van der Waals surface area (Å²) in [6.45, 7) is 6.70. The van der Waals surface area contributed by atoms with Crippen LogP contribution in [0.3, 0.4) is 0 Å². The van der Waals surface area contributed by atoms with Crippen molar-refractivity contribution in [2.75, 3.05) is 13.1 Å². The summed E-state index contributed by atoms with van der Waals surface area (Å²) in [7, 11) is 0. The Labute approximate surface area is 156 Å². The van der Waals surface area contributed by atoms with Crippen molar-refractivity contribution in [2.45, 2.75) is 33.6 Å². The minimum atomic E-state index is -0.0794. The van der Waals surface area contributed by atoms with Gasteiger partial charge in [-0.05, 0) is 45.7 Å². The van der Waals surface area contributed by atoms with Gasteiger partial charge in [-0.25, -0.2) is 4.98 Å². The summed E-state index contributed by atoms with van der Waals surface area (Å²) in [4.78, 5) is 19.6. The molecule has 3 aromatic heterocycles. The SMILES string of the molecule is Cc1cc(-c2cc(C(=O)N3CCC(C#N)CC3)c3c(C)noc3n2)c(C)o1. The largest absolute Gasteiger partial charge is 0.466 e. The van der Waals surface area contributed by atoms with E-state index >= 15 is 0 Å². The second-order valence-electron chi connectivity index (χ2n) is 7.03. The van der Waals surface area contributed by atoms with E-state index in [0.717, 1.165) is 17.1 Å². The summed E-state index contributed by atoms with van der Waals surface area (Å²) in [6.07, 6.45) is 1.40. The number of aromatic nitrogens is 2. The van der Waals surface area contributed by atoms with Crippen LogP contribution < -0.4 is 0 Å². The molecule has 1 amide bonds. The summed E-state index contributed by atoms with van der Waals surface area (Å²) in [6, 6.07) is 5.99. The molecular formula is C20H20N4O3. The zero-order chi connectivity index (χ0) is 19.1. The number of carbonyl (C=O) groups excluding carboxylic acids is 1. The lowest BCUT2D eigenvalue weighted by atomic mass is 9.97. The summed E-state index contributed by atoms with van der Waals surface area (Å²) in [5.74, 6) is 1.47. The number of furan rings is 1. The fourth-order valence-corrected chi connectivity index (χ4v) is 3.67. The standard InChI is InChI=1S/C20H20N4O3/c1-11-8-15(13(3)26-11)17-9-16(18-12(2)23-27-19(18)22-17)20(25)24-6-4-14(10-21)5-7-24/h8-9,14H,4-7H2,1-3H3. The summed E-state index contributed by atoms with van der Waals surface area (Å²) < 4.78 is 11.0. The van der Waals surface area contributed by atoms with Crippen LogP contribution >= 0.6 is 0 Å². The van der Waals surface area contributed by atoms with Gasteiger partial charge in [0.15, 0.2) is 0 Å². The molecule has 0 bridgehead atoms. The minimum Gasteiger partial charge on any atom is -0.466 e. The van der Waals surface area contributed by atoms with E-state index in [0.29, 0.717) is 54.0 Å². The lowest BCUT2D eigenvalue weighted by molar-refractivity contribution is 0.0709. The van der Waals surface area contributed by atoms with Crippen molar-refractivity contribution in [2.24, 2.45) is 5.92 Å². The Balaban J connectivity index is 1.79. The van der Waals surface area contributed by atoms with E-state index in [4.69, 9.17) is 14.2 Å². The van der Waals surface area contributed by atoms with Gasteiger partial charge in [0.2, 0.25) is 0 Å². The van der Waals surface area contributed by atoms with Crippen LogP contribution in [0.2, 0.25) is 0 Å². The Morgan fingerprint density at radius 3 is 2.63 bits per heavy atom. The Bertz CT molecular complexity index is 1070. The number of hydrogen-bond acceptors (Lipinski definition) is 6. The second kappa shape index (κ2) is 6.54. The first-order valence-corrected chi connectivity index (χ1v) is 9.01. The predicted molar refractivity (Wildman–Crippen MR) is 98.0 cm³/mol. The fraction of sp³-hybridized carbons (Fsp3) is 0.400. The van der Waals surface area contributed by atoms with Crippen molar-refractivity contribution in [1.29, 1.82) is 5.26 Å². The van der Waals surface area contributed by atoms with Crippen LogP contribution in [-0.2, 0) is 0 Å². The number of fused-ring (bicyclic) bond motifs is 1. The molecule has 1 aliphatic heterocycles.